The quantitative estimate of drug-likeness (QED) is 0.752. The summed E-state index contributed by atoms with van der Waals surface area (Å²) >= 11 is 12.2. The Balaban J connectivity index is 1.55. The summed E-state index contributed by atoms with van der Waals surface area (Å²) in [5.74, 6) is 0.532. The third kappa shape index (κ3) is 5.00. The fourth-order valence-corrected chi connectivity index (χ4v) is 6.49. The molecule has 1 saturated carbocycles. The second kappa shape index (κ2) is 9.30. The first kappa shape index (κ1) is 21.8. The molecule has 156 valence electrons. The van der Waals surface area contributed by atoms with Gasteiger partial charge in [-0.1, -0.05) is 49.0 Å². The summed E-state index contributed by atoms with van der Waals surface area (Å²) in [5.41, 5.74) is 0. The van der Waals surface area contributed by atoms with E-state index in [9.17, 15) is 13.2 Å². The first-order valence-corrected chi connectivity index (χ1v) is 11.9. The Hall–Kier alpha value is -0.860. The largest absolute Gasteiger partial charge is 0.352 e. The monoisotopic (exact) mass is 447 g/mol. The van der Waals surface area contributed by atoms with Crippen LogP contribution >= 0.6 is 23.2 Å². The lowest BCUT2D eigenvalue weighted by Crippen LogP contribution is -2.52. The van der Waals surface area contributed by atoms with E-state index in [-0.39, 0.29) is 26.9 Å². The molecule has 1 N–H and O–H groups in total. The predicted octanol–water partition coefficient (Wildman–Crippen LogP) is 2.99. The average molecular weight is 448 g/mol. The number of piperazine rings is 1. The van der Waals surface area contributed by atoms with Gasteiger partial charge in [0.15, 0.2) is 0 Å². The summed E-state index contributed by atoms with van der Waals surface area (Å²) in [5, 5.41) is 3.39. The third-order valence-corrected chi connectivity index (χ3v) is 8.53. The van der Waals surface area contributed by atoms with Gasteiger partial charge < -0.3 is 5.32 Å². The standard InChI is InChI=1S/C19H27Cl2N3O3S/c1-14-5-2-3-8-17(14)22-18(25)13-23-9-11-24(12-10-23)28(26,27)19-15(20)6-4-7-16(19)21/h4,6-7,14,17H,2-3,5,8-13H2,1H3,(H,22,25)/t14-,17-/m1/s1. The highest BCUT2D eigenvalue weighted by molar-refractivity contribution is 7.89. The molecule has 1 aliphatic carbocycles. The Bertz CT molecular complexity index is 790. The topological polar surface area (TPSA) is 69.7 Å². The van der Waals surface area contributed by atoms with Crippen LogP contribution < -0.4 is 5.32 Å². The number of nitrogens with one attached hydrogen (secondary N) is 1. The zero-order chi connectivity index (χ0) is 20.3. The van der Waals surface area contributed by atoms with Crippen LogP contribution in [0.15, 0.2) is 23.1 Å². The maximum absolute atomic E-state index is 12.9. The molecular weight excluding hydrogens is 421 g/mol. The van der Waals surface area contributed by atoms with Crippen molar-refractivity contribution in [2.45, 2.75) is 43.5 Å². The highest BCUT2D eigenvalue weighted by Crippen LogP contribution is 2.31. The van der Waals surface area contributed by atoms with E-state index in [1.807, 2.05) is 4.90 Å². The van der Waals surface area contributed by atoms with Crippen molar-refractivity contribution in [2.24, 2.45) is 5.92 Å². The van der Waals surface area contributed by atoms with Gasteiger partial charge >= 0.3 is 0 Å². The number of rotatable bonds is 5. The van der Waals surface area contributed by atoms with Gasteiger partial charge in [-0.05, 0) is 30.9 Å². The van der Waals surface area contributed by atoms with Crippen molar-refractivity contribution in [1.82, 2.24) is 14.5 Å². The lowest BCUT2D eigenvalue weighted by atomic mass is 9.86. The van der Waals surface area contributed by atoms with Gasteiger partial charge in [0.2, 0.25) is 15.9 Å². The highest BCUT2D eigenvalue weighted by Gasteiger charge is 2.32. The number of sulfonamides is 1. The molecule has 1 amide bonds. The SMILES string of the molecule is C[C@@H]1CCCC[C@H]1NC(=O)CN1CCN(S(=O)(=O)c2c(Cl)cccc2Cl)CC1. The van der Waals surface area contributed by atoms with Crippen LogP contribution in [0.4, 0.5) is 0 Å². The summed E-state index contributed by atoms with van der Waals surface area (Å²) in [7, 11) is -3.76. The third-order valence-electron chi connectivity index (χ3n) is 5.67. The Labute approximate surface area is 177 Å². The van der Waals surface area contributed by atoms with Crippen molar-refractivity contribution in [1.29, 1.82) is 0 Å². The molecule has 0 radical (unpaired) electrons. The number of nitrogens with zero attached hydrogens (tertiary/aromatic N) is 2. The normalized spacial score (nSPS) is 24.8. The molecule has 3 rings (SSSR count). The van der Waals surface area contributed by atoms with Crippen molar-refractivity contribution in [2.75, 3.05) is 32.7 Å². The number of carbonyl (C=O) groups excluding carboxylic acids is 1. The molecule has 2 fully saturated rings. The maximum Gasteiger partial charge on any atom is 0.246 e. The number of halogens is 2. The van der Waals surface area contributed by atoms with E-state index in [4.69, 9.17) is 23.2 Å². The van der Waals surface area contributed by atoms with Gasteiger partial charge in [0, 0.05) is 32.2 Å². The molecular formula is C19H27Cl2N3O3S. The molecule has 0 bridgehead atoms. The van der Waals surface area contributed by atoms with Crippen LogP contribution in [0.2, 0.25) is 10.0 Å². The molecule has 1 aromatic rings. The Morgan fingerprint density at radius 1 is 1.11 bits per heavy atom. The van der Waals surface area contributed by atoms with Gasteiger partial charge in [0.25, 0.3) is 0 Å². The molecule has 0 unspecified atom stereocenters. The van der Waals surface area contributed by atoms with Crippen LogP contribution in [0.1, 0.15) is 32.6 Å². The second-order valence-corrected chi connectivity index (χ2v) is 10.4. The van der Waals surface area contributed by atoms with Crippen LogP contribution in [0.3, 0.4) is 0 Å². The van der Waals surface area contributed by atoms with Crippen molar-refractivity contribution in [3.05, 3.63) is 28.2 Å². The molecule has 6 nitrogen and oxygen atoms in total. The number of hydrogen-bond donors (Lipinski definition) is 1. The Kier molecular flexibility index (Phi) is 7.26. The maximum atomic E-state index is 12.9. The van der Waals surface area contributed by atoms with Gasteiger partial charge in [-0.3, -0.25) is 9.69 Å². The minimum atomic E-state index is -3.76. The number of carbonyl (C=O) groups is 1. The molecule has 1 heterocycles. The molecule has 2 atom stereocenters. The molecule has 28 heavy (non-hydrogen) atoms. The van der Waals surface area contributed by atoms with E-state index >= 15 is 0 Å². The van der Waals surface area contributed by atoms with Crippen molar-refractivity contribution in [3.63, 3.8) is 0 Å². The second-order valence-electron chi connectivity index (χ2n) is 7.67. The number of amides is 1. The van der Waals surface area contributed by atoms with Crippen molar-refractivity contribution in [3.8, 4) is 0 Å². The van der Waals surface area contributed by atoms with E-state index in [0.717, 1.165) is 19.3 Å². The number of hydrogen-bond acceptors (Lipinski definition) is 4. The predicted molar refractivity (Wildman–Crippen MR) is 111 cm³/mol. The van der Waals surface area contributed by atoms with E-state index in [1.54, 1.807) is 6.07 Å². The molecule has 2 aliphatic rings. The summed E-state index contributed by atoms with van der Waals surface area (Å²) in [6.45, 7) is 4.08. The van der Waals surface area contributed by atoms with Gasteiger partial charge in [-0.15, -0.1) is 0 Å². The van der Waals surface area contributed by atoms with Gasteiger partial charge in [0.05, 0.1) is 16.6 Å². The van der Waals surface area contributed by atoms with Crippen LogP contribution in [-0.4, -0.2) is 62.3 Å². The Morgan fingerprint density at radius 3 is 2.32 bits per heavy atom. The zero-order valence-corrected chi connectivity index (χ0v) is 18.4. The van der Waals surface area contributed by atoms with E-state index in [2.05, 4.69) is 12.2 Å². The fraction of sp³-hybridized carbons (Fsp3) is 0.632. The van der Waals surface area contributed by atoms with Crippen molar-refractivity contribution < 1.29 is 13.2 Å². The lowest BCUT2D eigenvalue weighted by molar-refractivity contribution is -0.123. The summed E-state index contributed by atoms with van der Waals surface area (Å²) in [6.07, 6.45) is 4.60. The van der Waals surface area contributed by atoms with E-state index in [1.165, 1.54) is 22.9 Å². The molecule has 1 aromatic carbocycles. The first-order valence-electron chi connectivity index (χ1n) is 9.75. The molecule has 0 aromatic heterocycles. The fourth-order valence-electron chi connectivity index (χ4n) is 3.97. The van der Waals surface area contributed by atoms with Gasteiger partial charge in [0.1, 0.15) is 4.90 Å². The van der Waals surface area contributed by atoms with Crippen LogP contribution in [0.25, 0.3) is 0 Å². The summed E-state index contributed by atoms with van der Waals surface area (Å²) in [6, 6.07) is 4.92. The molecule has 1 aliphatic heterocycles. The smallest absolute Gasteiger partial charge is 0.246 e. The lowest BCUT2D eigenvalue weighted by Gasteiger charge is -2.35. The van der Waals surface area contributed by atoms with Gasteiger partial charge in [-0.2, -0.15) is 4.31 Å². The van der Waals surface area contributed by atoms with Gasteiger partial charge in [-0.25, -0.2) is 8.42 Å². The average Bonchev–Trinajstić information content (AvgIpc) is 2.64. The molecule has 1 saturated heterocycles. The molecule has 0 spiro atoms. The van der Waals surface area contributed by atoms with E-state index in [0.29, 0.717) is 38.6 Å². The minimum Gasteiger partial charge on any atom is -0.352 e. The highest BCUT2D eigenvalue weighted by atomic mass is 35.5. The summed E-state index contributed by atoms with van der Waals surface area (Å²) < 4.78 is 27.2. The zero-order valence-electron chi connectivity index (χ0n) is 16.0. The Morgan fingerprint density at radius 2 is 1.71 bits per heavy atom. The first-order chi connectivity index (χ1) is 13.3. The van der Waals surface area contributed by atoms with E-state index < -0.39 is 10.0 Å². The molecule has 9 heteroatoms. The van der Waals surface area contributed by atoms with Crippen LogP contribution in [-0.2, 0) is 14.8 Å². The van der Waals surface area contributed by atoms with Crippen LogP contribution in [0, 0.1) is 5.92 Å². The van der Waals surface area contributed by atoms with Crippen LogP contribution in [0.5, 0.6) is 0 Å². The minimum absolute atomic E-state index is 0.0178. The summed E-state index contributed by atoms with van der Waals surface area (Å²) in [4.78, 5) is 14.3. The number of benzene rings is 1. The van der Waals surface area contributed by atoms with Crippen molar-refractivity contribution >= 4 is 39.1 Å².